The molecule has 0 amide bonds. The van der Waals surface area contributed by atoms with Gasteiger partial charge in [0, 0.05) is 31.0 Å². The maximum Gasteiger partial charge on any atom is 0.139 e. The van der Waals surface area contributed by atoms with Crippen LogP contribution in [0.3, 0.4) is 0 Å². The van der Waals surface area contributed by atoms with Crippen molar-refractivity contribution >= 4 is 16.7 Å². The number of nitrogens with zero attached hydrogens (tertiary/aromatic N) is 3. The first-order chi connectivity index (χ1) is 7.88. The van der Waals surface area contributed by atoms with Crippen LogP contribution in [-0.2, 0) is 0 Å². The minimum atomic E-state index is 0.263. The summed E-state index contributed by atoms with van der Waals surface area (Å²) in [7, 11) is 0. The Morgan fingerprint density at radius 2 is 2.06 bits per heavy atom. The second-order valence-corrected chi connectivity index (χ2v) is 4.17. The number of hydrogen-bond acceptors (Lipinski definition) is 4. The minimum absolute atomic E-state index is 0.263. The van der Waals surface area contributed by atoms with Gasteiger partial charge in [-0.05, 0) is 12.1 Å². The molecule has 0 atom stereocenters. The Labute approximate surface area is 93.6 Å². The van der Waals surface area contributed by atoms with Crippen LogP contribution in [0.25, 0.3) is 10.9 Å². The van der Waals surface area contributed by atoms with Crippen molar-refractivity contribution in [3.05, 3.63) is 30.6 Å². The van der Waals surface area contributed by atoms with Gasteiger partial charge in [0.15, 0.2) is 0 Å². The van der Waals surface area contributed by atoms with E-state index in [0.717, 1.165) is 29.8 Å². The van der Waals surface area contributed by atoms with Crippen molar-refractivity contribution in [2.75, 3.05) is 24.6 Å². The Hall–Kier alpha value is -1.68. The first-order valence-electron chi connectivity index (χ1n) is 5.44. The van der Waals surface area contributed by atoms with E-state index < -0.39 is 0 Å². The van der Waals surface area contributed by atoms with Crippen LogP contribution in [0, 0.1) is 5.92 Å². The van der Waals surface area contributed by atoms with Crippen LogP contribution in [0.1, 0.15) is 0 Å². The third-order valence-electron chi connectivity index (χ3n) is 3.04. The molecule has 16 heavy (non-hydrogen) atoms. The molecule has 2 aromatic rings. The highest BCUT2D eigenvalue weighted by Crippen LogP contribution is 2.28. The summed E-state index contributed by atoms with van der Waals surface area (Å²) in [4.78, 5) is 10.8. The third kappa shape index (κ3) is 1.42. The van der Waals surface area contributed by atoms with Crippen molar-refractivity contribution in [3.8, 4) is 0 Å². The monoisotopic (exact) mass is 215 g/mol. The van der Waals surface area contributed by atoms with Gasteiger partial charge in [-0.15, -0.1) is 0 Å². The van der Waals surface area contributed by atoms with Crippen molar-refractivity contribution < 1.29 is 5.11 Å². The van der Waals surface area contributed by atoms with Crippen LogP contribution < -0.4 is 4.90 Å². The smallest absolute Gasteiger partial charge is 0.139 e. The molecule has 1 aromatic carbocycles. The number of aromatic nitrogens is 2. The molecule has 0 aliphatic carbocycles. The number of aliphatic hydroxyl groups is 1. The first-order valence-corrected chi connectivity index (χ1v) is 5.44. The molecule has 0 spiro atoms. The van der Waals surface area contributed by atoms with Crippen molar-refractivity contribution in [3.63, 3.8) is 0 Å². The maximum absolute atomic E-state index is 9.00. The number of para-hydroxylation sites is 1. The summed E-state index contributed by atoms with van der Waals surface area (Å²) in [5.41, 5.74) is 0.972. The van der Waals surface area contributed by atoms with Crippen molar-refractivity contribution in [2.24, 2.45) is 5.92 Å². The zero-order valence-electron chi connectivity index (χ0n) is 8.87. The number of fused-ring (bicyclic) bond motifs is 1. The van der Waals surface area contributed by atoms with Crippen LogP contribution in [-0.4, -0.2) is 34.8 Å². The average molecular weight is 215 g/mol. The maximum atomic E-state index is 9.00. The average Bonchev–Trinajstić information content (AvgIpc) is 2.28. The molecule has 0 bridgehead atoms. The fraction of sp³-hybridized carbons (Fsp3) is 0.333. The van der Waals surface area contributed by atoms with Crippen molar-refractivity contribution in [1.82, 2.24) is 9.97 Å². The van der Waals surface area contributed by atoms with Crippen LogP contribution >= 0.6 is 0 Å². The topological polar surface area (TPSA) is 49.2 Å². The van der Waals surface area contributed by atoms with Gasteiger partial charge in [-0.2, -0.15) is 0 Å². The van der Waals surface area contributed by atoms with E-state index in [-0.39, 0.29) is 6.61 Å². The van der Waals surface area contributed by atoms with Crippen LogP contribution in [0.5, 0.6) is 0 Å². The Kier molecular flexibility index (Phi) is 2.22. The molecule has 0 unspecified atom stereocenters. The molecule has 1 aliphatic rings. The van der Waals surface area contributed by atoms with Gasteiger partial charge < -0.3 is 10.0 Å². The lowest BCUT2D eigenvalue weighted by Crippen LogP contribution is -2.48. The van der Waals surface area contributed by atoms with Gasteiger partial charge in [0.25, 0.3) is 0 Å². The highest BCUT2D eigenvalue weighted by molar-refractivity contribution is 5.89. The number of benzene rings is 1. The summed E-state index contributed by atoms with van der Waals surface area (Å²) < 4.78 is 0. The molecule has 82 valence electrons. The van der Waals surface area contributed by atoms with Crippen molar-refractivity contribution in [1.29, 1.82) is 0 Å². The zero-order valence-corrected chi connectivity index (χ0v) is 8.87. The zero-order chi connectivity index (χ0) is 11.0. The van der Waals surface area contributed by atoms with Gasteiger partial charge in [-0.3, -0.25) is 0 Å². The molecular formula is C12H13N3O. The molecular weight excluding hydrogens is 202 g/mol. The molecule has 4 nitrogen and oxygen atoms in total. The number of aliphatic hydroxyl groups excluding tert-OH is 1. The van der Waals surface area contributed by atoms with E-state index in [1.54, 1.807) is 6.33 Å². The second kappa shape index (κ2) is 3.72. The Morgan fingerprint density at radius 1 is 1.25 bits per heavy atom. The summed E-state index contributed by atoms with van der Waals surface area (Å²) >= 11 is 0. The van der Waals surface area contributed by atoms with Gasteiger partial charge in [0.2, 0.25) is 0 Å². The van der Waals surface area contributed by atoms with Crippen LogP contribution in [0.4, 0.5) is 5.82 Å². The highest BCUT2D eigenvalue weighted by atomic mass is 16.3. The minimum Gasteiger partial charge on any atom is -0.396 e. The summed E-state index contributed by atoms with van der Waals surface area (Å²) in [5, 5.41) is 10.1. The van der Waals surface area contributed by atoms with Crippen LogP contribution in [0.2, 0.25) is 0 Å². The van der Waals surface area contributed by atoms with E-state index in [1.807, 2.05) is 24.3 Å². The highest BCUT2D eigenvalue weighted by Gasteiger charge is 2.27. The normalized spacial score (nSPS) is 16.4. The van der Waals surface area contributed by atoms with Gasteiger partial charge in [-0.25, -0.2) is 9.97 Å². The van der Waals surface area contributed by atoms with Crippen LogP contribution in [0.15, 0.2) is 30.6 Å². The number of hydrogen-bond donors (Lipinski definition) is 1. The molecule has 0 radical (unpaired) electrons. The third-order valence-corrected chi connectivity index (χ3v) is 3.04. The quantitative estimate of drug-likeness (QED) is 0.813. The summed E-state index contributed by atoms with van der Waals surface area (Å²) in [5.74, 6) is 1.38. The van der Waals surface area contributed by atoms with Crippen molar-refractivity contribution in [2.45, 2.75) is 0 Å². The van der Waals surface area contributed by atoms with Gasteiger partial charge in [0.05, 0.1) is 5.52 Å². The lowest BCUT2D eigenvalue weighted by molar-refractivity contribution is 0.200. The Bertz CT molecular complexity index is 503. The largest absolute Gasteiger partial charge is 0.396 e. The standard InChI is InChI=1S/C12H13N3O/c16-7-9-5-15(6-9)12-10-3-1-2-4-11(10)13-8-14-12/h1-4,8-9,16H,5-7H2. The van der Waals surface area contributed by atoms with E-state index >= 15 is 0 Å². The molecule has 0 saturated carbocycles. The Morgan fingerprint density at radius 3 is 2.88 bits per heavy atom. The molecule has 1 saturated heterocycles. The summed E-state index contributed by atoms with van der Waals surface area (Å²) in [6, 6.07) is 8.00. The molecule has 1 N–H and O–H groups in total. The molecule has 3 rings (SSSR count). The van der Waals surface area contributed by atoms with Gasteiger partial charge in [0.1, 0.15) is 12.1 Å². The van der Waals surface area contributed by atoms with E-state index in [0.29, 0.717) is 5.92 Å². The lowest BCUT2D eigenvalue weighted by atomic mass is 10.0. The number of anilines is 1. The second-order valence-electron chi connectivity index (χ2n) is 4.17. The van der Waals surface area contributed by atoms with E-state index in [4.69, 9.17) is 5.11 Å². The molecule has 1 aliphatic heterocycles. The molecule has 4 heteroatoms. The fourth-order valence-electron chi connectivity index (χ4n) is 2.10. The molecule has 1 aromatic heterocycles. The molecule has 2 heterocycles. The lowest BCUT2D eigenvalue weighted by Gasteiger charge is -2.39. The summed E-state index contributed by atoms with van der Waals surface area (Å²) in [6.07, 6.45) is 1.60. The predicted octanol–water partition coefficient (Wildman–Crippen LogP) is 1.06. The SMILES string of the molecule is OCC1CN(c2ncnc3ccccc23)C1. The molecule has 1 fully saturated rings. The Balaban J connectivity index is 1.98. The van der Waals surface area contributed by atoms with Gasteiger partial charge >= 0.3 is 0 Å². The predicted molar refractivity (Wildman–Crippen MR) is 62.3 cm³/mol. The van der Waals surface area contributed by atoms with E-state index in [1.165, 1.54) is 0 Å². The number of rotatable bonds is 2. The van der Waals surface area contributed by atoms with Gasteiger partial charge in [-0.1, -0.05) is 12.1 Å². The fourth-order valence-corrected chi connectivity index (χ4v) is 2.10. The van der Waals surface area contributed by atoms with E-state index in [9.17, 15) is 0 Å². The first kappa shape index (κ1) is 9.54. The summed E-state index contributed by atoms with van der Waals surface area (Å²) in [6.45, 7) is 2.04. The van der Waals surface area contributed by atoms with E-state index in [2.05, 4.69) is 14.9 Å².